The molecule has 0 aliphatic carbocycles. The van der Waals surface area contributed by atoms with Crippen molar-refractivity contribution in [2.75, 3.05) is 31.7 Å². The van der Waals surface area contributed by atoms with E-state index in [2.05, 4.69) is 38.0 Å². The second-order valence-electron chi connectivity index (χ2n) is 5.13. The van der Waals surface area contributed by atoms with E-state index >= 15 is 0 Å². The third-order valence-electron chi connectivity index (χ3n) is 3.43. The van der Waals surface area contributed by atoms with Gasteiger partial charge in [0.1, 0.15) is 11.9 Å². The summed E-state index contributed by atoms with van der Waals surface area (Å²) in [6, 6.07) is 2.13. The minimum atomic E-state index is 0.117. The maximum absolute atomic E-state index is 6.06. The van der Waals surface area contributed by atoms with E-state index in [1.54, 1.807) is 18.4 Å². The largest absolute Gasteiger partial charge is 0.384 e. The fourth-order valence-corrected chi connectivity index (χ4v) is 3.85. The summed E-state index contributed by atoms with van der Waals surface area (Å²) in [7, 11) is 1.70. The number of hydrogen-bond donors (Lipinski definition) is 0. The Morgan fingerprint density at radius 1 is 1.48 bits per heavy atom. The van der Waals surface area contributed by atoms with Crippen molar-refractivity contribution in [1.29, 1.82) is 0 Å². The predicted octanol–water partition coefficient (Wildman–Crippen LogP) is 2.75. The normalized spacial score (nSPS) is 22.7. The van der Waals surface area contributed by atoms with Crippen molar-refractivity contribution in [3.63, 3.8) is 0 Å². The number of ether oxygens (including phenoxy) is 2. The van der Waals surface area contributed by atoms with Crippen LogP contribution < -0.4 is 4.90 Å². The fourth-order valence-electron chi connectivity index (χ4n) is 2.42. The van der Waals surface area contributed by atoms with Crippen LogP contribution in [-0.4, -0.2) is 42.3 Å². The van der Waals surface area contributed by atoms with Gasteiger partial charge in [-0.2, -0.15) is 15.7 Å². The van der Waals surface area contributed by atoms with Gasteiger partial charge in [-0.15, -0.1) is 0 Å². The third-order valence-corrected chi connectivity index (χ3v) is 4.95. The Bertz CT molecular complexity index is 558. The van der Waals surface area contributed by atoms with Gasteiger partial charge in [0.05, 0.1) is 19.3 Å². The third kappa shape index (κ3) is 3.60. The first kappa shape index (κ1) is 14.9. The van der Waals surface area contributed by atoms with Gasteiger partial charge in [0, 0.05) is 31.6 Å². The summed E-state index contributed by atoms with van der Waals surface area (Å²) in [6.45, 7) is 4.46. The SMILES string of the molecule is COCCc1nsc(N2CC(C)OC(c3ccsc3)C2)n1. The first-order valence-electron chi connectivity index (χ1n) is 7.00. The molecule has 2 unspecified atom stereocenters. The van der Waals surface area contributed by atoms with E-state index in [-0.39, 0.29) is 12.2 Å². The van der Waals surface area contributed by atoms with Crippen molar-refractivity contribution in [1.82, 2.24) is 9.36 Å². The van der Waals surface area contributed by atoms with Crippen molar-refractivity contribution in [2.24, 2.45) is 0 Å². The van der Waals surface area contributed by atoms with Gasteiger partial charge in [-0.05, 0) is 29.3 Å². The van der Waals surface area contributed by atoms with E-state index in [0.29, 0.717) is 6.61 Å². The van der Waals surface area contributed by atoms with Crippen molar-refractivity contribution < 1.29 is 9.47 Å². The highest BCUT2D eigenvalue weighted by molar-refractivity contribution is 7.09. The van der Waals surface area contributed by atoms with Crippen LogP contribution in [0.2, 0.25) is 0 Å². The van der Waals surface area contributed by atoms with Crippen LogP contribution in [0.3, 0.4) is 0 Å². The highest BCUT2D eigenvalue weighted by atomic mass is 32.1. The Morgan fingerprint density at radius 2 is 2.38 bits per heavy atom. The predicted molar refractivity (Wildman–Crippen MR) is 85.3 cm³/mol. The van der Waals surface area contributed by atoms with Gasteiger partial charge in [-0.3, -0.25) is 0 Å². The molecule has 1 fully saturated rings. The minimum Gasteiger partial charge on any atom is -0.384 e. The van der Waals surface area contributed by atoms with Gasteiger partial charge in [-0.25, -0.2) is 4.98 Å². The first-order valence-corrected chi connectivity index (χ1v) is 8.72. The fraction of sp³-hybridized carbons (Fsp3) is 0.571. The molecule has 0 spiro atoms. The number of rotatable bonds is 5. The van der Waals surface area contributed by atoms with Crippen molar-refractivity contribution in [2.45, 2.75) is 25.6 Å². The summed E-state index contributed by atoms with van der Waals surface area (Å²) >= 11 is 3.17. The molecule has 2 aromatic rings. The zero-order valence-electron chi connectivity index (χ0n) is 12.2. The molecule has 0 amide bonds. The topological polar surface area (TPSA) is 47.5 Å². The Morgan fingerprint density at radius 3 is 3.14 bits per heavy atom. The summed E-state index contributed by atoms with van der Waals surface area (Å²) < 4.78 is 15.5. The maximum atomic E-state index is 6.06. The molecule has 2 aromatic heterocycles. The average molecular weight is 325 g/mol. The number of aromatic nitrogens is 2. The molecule has 5 nitrogen and oxygen atoms in total. The van der Waals surface area contributed by atoms with E-state index in [0.717, 1.165) is 30.5 Å². The van der Waals surface area contributed by atoms with E-state index in [4.69, 9.17) is 9.47 Å². The highest BCUT2D eigenvalue weighted by Gasteiger charge is 2.28. The number of thiophene rings is 1. The van der Waals surface area contributed by atoms with E-state index in [9.17, 15) is 0 Å². The Labute approximate surface area is 132 Å². The van der Waals surface area contributed by atoms with Gasteiger partial charge in [0.25, 0.3) is 0 Å². The number of hydrogen-bond acceptors (Lipinski definition) is 7. The molecule has 0 bridgehead atoms. The Kier molecular flexibility index (Phi) is 4.84. The summed E-state index contributed by atoms with van der Waals surface area (Å²) in [5, 5.41) is 5.23. The molecule has 114 valence electrons. The molecule has 0 aromatic carbocycles. The summed E-state index contributed by atoms with van der Waals surface area (Å²) in [4.78, 5) is 6.90. The van der Waals surface area contributed by atoms with Crippen LogP contribution >= 0.6 is 22.9 Å². The van der Waals surface area contributed by atoms with Gasteiger partial charge in [0.15, 0.2) is 0 Å². The van der Waals surface area contributed by atoms with Crippen LogP contribution in [0.25, 0.3) is 0 Å². The van der Waals surface area contributed by atoms with Crippen LogP contribution in [0, 0.1) is 0 Å². The summed E-state index contributed by atoms with van der Waals surface area (Å²) in [5.74, 6) is 0.864. The minimum absolute atomic E-state index is 0.117. The first-order chi connectivity index (χ1) is 10.3. The van der Waals surface area contributed by atoms with Crippen LogP contribution in [0.15, 0.2) is 16.8 Å². The second kappa shape index (κ2) is 6.83. The second-order valence-corrected chi connectivity index (χ2v) is 6.64. The lowest BCUT2D eigenvalue weighted by Crippen LogP contribution is -2.42. The number of anilines is 1. The van der Waals surface area contributed by atoms with Gasteiger partial charge >= 0.3 is 0 Å². The van der Waals surface area contributed by atoms with Gasteiger partial charge in [-0.1, -0.05) is 0 Å². The standard InChI is InChI=1S/C14H19N3O2S2/c1-10-7-17(8-12(19-10)11-4-6-20-9-11)14-15-13(16-21-14)3-5-18-2/h4,6,9-10,12H,3,5,7-8H2,1-2H3. The molecule has 0 N–H and O–H groups in total. The quantitative estimate of drug-likeness (QED) is 0.846. The maximum Gasteiger partial charge on any atom is 0.205 e. The molecule has 1 saturated heterocycles. The van der Waals surface area contributed by atoms with Crippen molar-refractivity contribution >= 4 is 28.0 Å². The lowest BCUT2D eigenvalue weighted by molar-refractivity contribution is -0.0171. The summed E-state index contributed by atoms with van der Waals surface area (Å²) in [5.41, 5.74) is 1.25. The van der Waals surface area contributed by atoms with Crippen LogP contribution in [0.1, 0.15) is 24.4 Å². The van der Waals surface area contributed by atoms with Gasteiger partial charge in [0.2, 0.25) is 5.13 Å². The molecule has 2 atom stereocenters. The molecule has 3 heterocycles. The van der Waals surface area contributed by atoms with E-state index < -0.39 is 0 Å². The monoisotopic (exact) mass is 325 g/mol. The molecule has 0 saturated carbocycles. The van der Waals surface area contributed by atoms with Gasteiger partial charge < -0.3 is 14.4 Å². The molecular formula is C14H19N3O2S2. The number of methoxy groups -OCH3 is 1. The van der Waals surface area contributed by atoms with Crippen LogP contribution in [0.5, 0.6) is 0 Å². The molecule has 1 aliphatic heterocycles. The zero-order chi connectivity index (χ0) is 14.7. The van der Waals surface area contributed by atoms with E-state index in [1.165, 1.54) is 17.1 Å². The Balaban J connectivity index is 1.70. The number of morpholine rings is 1. The average Bonchev–Trinajstić information content (AvgIpc) is 3.16. The van der Waals surface area contributed by atoms with Crippen LogP contribution in [-0.2, 0) is 15.9 Å². The molecule has 1 aliphatic rings. The van der Waals surface area contributed by atoms with Crippen molar-refractivity contribution in [3.8, 4) is 0 Å². The summed E-state index contributed by atoms with van der Waals surface area (Å²) in [6.07, 6.45) is 1.07. The highest BCUT2D eigenvalue weighted by Crippen LogP contribution is 2.30. The van der Waals surface area contributed by atoms with E-state index in [1.807, 2.05) is 0 Å². The lowest BCUT2D eigenvalue weighted by Gasteiger charge is -2.36. The molecular weight excluding hydrogens is 306 g/mol. The number of nitrogens with zero attached hydrogens (tertiary/aromatic N) is 3. The molecule has 21 heavy (non-hydrogen) atoms. The molecule has 0 radical (unpaired) electrons. The zero-order valence-corrected chi connectivity index (χ0v) is 13.8. The lowest BCUT2D eigenvalue weighted by atomic mass is 10.1. The Hall–Kier alpha value is -1.02. The molecule has 3 rings (SSSR count). The smallest absolute Gasteiger partial charge is 0.205 e. The molecule has 7 heteroatoms. The van der Waals surface area contributed by atoms with Crippen LogP contribution in [0.4, 0.5) is 5.13 Å². The van der Waals surface area contributed by atoms with Crippen molar-refractivity contribution in [3.05, 3.63) is 28.2 Å².